The van der Waals surface area contributed by atoms with E-state index >= 15 is 0 Å². The first-order valence-electron chi connectivity index (χ1n) is 8.69. The molecule has 2 unspecified atom stereocenters. The van der Waals surface area contributed by atoms with Gasteiger partial charge in [0.2, 0.25) is 0 Å². The predicted molar refractivity (Wildman–Crippen MR) is 106 cm³/mol. The molecule has 0 aromatic carbocycles. The van der Waals surface area contributed by atoms with Gasteiger partial charge in [0.1, 0.15) is 23.5 Å². The number of hydrogen-bond acceptors (Lipinski definition) is 5. The molecule has 5 rings (SSSR count). The summed E-state index contributed by atoms with van der Waals surface area (Å²) in [5, 5.41) is 0. The van der Waals surface area contributed by atoms with Crippen molar-refractivity contribution in [3.8, 4) is 0 Å². The van der Waals surface area contributed by atoms with E-state index in [1.807, 2.05) is 18.2 Å². The Bertz CT molecular complexity index is 995. The van der Waals surface area contributed by atoms with Crippen molar-refractivity contribution in [2.45, 2.75) is 25.9 Å². The van der Waals surface area contributed by atoms with E-state index in [1.165, 1.54) is 11.1 Å². The number of aromatic nitrogens is 1. The summed E-state index contributed by atoms with van der Waals surface area (Å²) in [6, 6.07) is 5.84. The number of fused-ring (bicyclic) bond motifs is 2. The molecule has 0 amide bonds. The Kier molecular flexibility index (Phi) is 7.30. The molecule has 0 radical (unpaired) electrons. The van der Waals surface area contributed by atoms with Gasteiger partial charge in [-0.1, -0.05) is 30.4 Å². The zero-order valence-corrected chi connectivity index (χ0v) is 18.3. The van der Waals surface area contributed by atoms with E-state index in [1.54, 1.807) is 0 Å². The summed E-state index contributed by atoms with van der Waals surface area (Å²) in [6.45, 7) is 4.13. The normalized spacial score (nSPS) is 23.0. The third kappa shape index (κ3) is 4.41. The first kappa shape index (κ1) is 23.2. The van der Waals surface area contributed by atoms with Gasteiger partial charge in [0.05, 0.1) is 11.4 Å². The Morgan fingerprint density at radius 2 is 1.17 bits per heavy atom. The van der Waals surface area contributed by atoms with Crippen LogP contribution in [-0.4, -0.2) is 40.2 Å². The maximum Gasteiger partial charge on any atom is 2.00 e. The van der Waals surface area contributed by atoms with Gasteiger partial charge in [-0.2, -0.15) is 0 Å². The van der Waals surface area contributed by atoms with Crippen molar-refractivity contribution >= 4 is 23.1 Å². The number of allylic oxidation sites excluding steroid dienone is 4. The molecule has 5 nitrogen and oxygen atoms in total. The van der Waals surface area contributed by atoms with Crippen LogP contribution < -0.4 is 24.8 Å². The summed E-state index contributed by atoms with van der Waals surface area (Å²) in [7, 11) is 0. The molecule has 0 fully saturated rings. The van der Waals surface area contributed by atoms with Crippen LogP contribution in [0.3, 0.4) is 0 Å². The van der Waals surface area contributed by atoms with Gasteiger partial charge in [-0.15, -0.1) is 0 Å². The number of nitrogens with zero attached hydrogens (tertiary/aromatic N) is 5. The molecule has 3 heterocycles. The van der Waals surface area contributed by atoms with Crippen LogP contribution in [0.25, 0.3) is 0 Å². The van der Waals surface area contributed by atoms with Crippen LogP contribution >= 0.6 is 0 Å². The summed E-state index contributed by atoms with van der Waals surface area (Å²) in [5.74, 6) is 1.34. The molecular weight excluding hydrogens is 449 g/mol. The molecule has 2 atom stereocenters. The van der Waals surface area contributed by atoms with Crippen LogP contribution in [-0.2, 0) is 17.1 Å². The SMILES string of the molecule is CC1=CC2=NC(c3cccc(C4=NC5C=CC(C)=CC5=N4)n3)=NC2C=C1.[Cl-].[Cl-].[Fe+2]. The number of rotatable bonds is 2. The maximum absolute atomic E-state index is 4.73. The molecule has 8 heteroatoms. The van der Waals surface area contributed by atoms with Crippen LogP contribution in [0.15, 0.2) is 85.8 Å². The summed E-state index contributed by atoms with van der Waals surface area (Å²) >= 11 is 0. The van der Waals surface area contributed by atoms with Gasteiger partial charge in [-0.3, -0.25) is 9.98 Å². The fourth-order valence-corrected chi connectivity index (χ4v) is 3.33. The van der Waals surface area contributed by atoms with E-state index < -0.39 is 0 Å². The van der Waals surface area contributed by atoms with Crippen LogP contribution in [0.4, 0.5) is 0 Å². The fraction of sp³-hybridized carbons (Fsp3) is 0.190. The van der Waals surface area contributed by atoms with Crippen LogP contribution in [0.2, 0.25) is 0 Å². The Labute approximate surface area is 192 Å². The van der Waals surface area contributed by atoms with Crippen LogP contribution in [0, 0.1) is 0 Å². The van der Waals surface area contributed by atoms with E-state index in [4.69, 9.17) is 4.98 Å². The molecular formula is C21H17Cl2FeN5. The van der Waals surface area contributed by atoms with E-state index in [-0.39, 0.29) is 54.0 Å². The maximum atomic E-state index is 4.73. The Morgan fingerprint density at radius 1 is 0.724 bits per heavy atom. The summed E-state index contributed by atoms with van der Waals surface area (Å²) in [4.78, 5) is 23.4. The van der Waals surface area contributed by atoms with E-state index in [2.05, 4.69) is 70.3 Å². The molecule has 0 saturated heterocycles. The second-order valence-electron chi connectivity index (χ2n) is 6.77. The van der Waals surface area contributed by atoms with Gasteiger partial charge in [-0.25, -0.2) is 15.0 Å². The minimum Gasteiger partial charge on any atom is -1.00 e. The summed E-state index contributed by atoms with van der Waals surface area (Å²) in [6.07, 6.45) is 12.4. The summed E-state index contributed by atoms with van der Waals surface area (Å²) in [5.41, 5.74) is 5.83. The van der Waals surface area contributed by atoms with Crippen molar-refractivity contribution < 1.29 is 41.9 Å². The van der Waals surface area contributed by atoms with Crippen molar-refractivity contribution in [3.05, 3.63) is 77.2 Å². The van der Waals surface area contributed by atoms with Crippen molar-refractivity contribution in [2.75, 3.05) is 0 Å². The van der Waals surface area contributed by atoms with Crippen LogP contribution in [0.5, 0.6) is 0 Å². The van der Waals surface area contributed by atoms with Gasteiger partial charge in [0.15, 0.2) is 11.7 Å². The third-order valence-corrected chi connectivity index (χ3v) is 4.64. The van der Waals surface area contributed by atoms with E-state index in [9.17, 15) is 0 Å². The quantitative estimate of drug-likeness (QED) is 0.437. The standard InChI is InChI=1S/C21H17N5.2ClH.Fe/c1-12-6-8-14-18(10-12)25-20(23-14)16-4-3-5-17(22-16)21-24-15-9-7-13(2)11-19(15)26-21;;;/h3-11,14-15H,1-2H3;2*1H;/q;;;+2/p-2. The van der Waals surface area contributed by atoms with Crippen molar-refractivity contribution in [1.29, 1.82) is 0 Å². The topological polar surface area (TPSA) is 62.3 Å². The Morgan fingerprint density at radius 3 is 1.62 bits per heavy atom. The third-order valence-electron chi connectivity index (χ3n) is 4.64. The van der Waals surface area contributed by atoms with Gasteiger partial charge < -0.3 is 24.8 Å². The van der Waals surface area contributed by atoms with Crippen LogP contribution in [0.1, 0.15) is 25.2 Å². The number of pyridine rings is 1. The van der Waals surface area contributed by atoms with E-state index in [0.29, 0.717) is 11.7 Å². The van der Waals surface area contributed by atoms with E-state index in [0.717, 1.165) is 22.8 Å². The molecule has 0 N–H and O–H groups in total. The predicted octanol–water partition coefficient (Wildman–Crippen LogP) is -2.74. The first-order chi connectivity index (χ1) is 12.7. The molecule has 0 saturated carbocycles. The average Bonchev–Trinajstić information content (AvgIpc) is 3.25. The molecule has 1 aromatic heterocycles. The van der Waals surface area contributed by atoms with Gasteiger partial charge in [0, 0.05) is 0 Å². The molecule has 0 bridgehead atoms. The number of aliphatic imine (C=N–C) groups is 4. The molecule has 2 aliphatic carbocycles. The number of amidine groups is 2. The van der Waals surface area contributed by atoms with Crippen molar-refractivity contribution in [1.82, 2.24) is 4.98 Å². The second-order valence-corrected chi connectivity index (χ2v) is 6.77. The van der Waals surface area contributed by atoms with Gasteiger partial charge >= 0.3 is 17.1 Å². The minimum absolute atomic E-state index is 0. The minimum atomic E-state index is 0. The summed E-state index contributed by atoms with van der Waals surface area (Å²) < 4.78 is 0. The first-order valence-corrected chi connectivity index (χ1v) is 8.69. The Balaban J connectivity index is 0.000001000. The molecule has 4 aliphatic rings. The molecule has 0 spiro atoms. The molecule has 148 valence electrons. The van der Waals surface area contributed by atoms with Crippen molar-refractivity contribution in [2.24, 2.45) is 20.0 Å². The average molecular weight is 466 g/mol. The smallest absolute Gasteiger partial charge is 1.00 e. The monoisotopic (exact) mass is 465 g/mol. The zero-order valence-electron chi connectivity index (χ0n) is 15.7. The van der Waals surface area contributed by atoms with Gasteiger partial charge in [0.25, 0.3) is 0 Å². The number of halogens is 2. The van der Waals surface area contributed by atoms with Gasteiger partial charge in [-0.05, 0) is 49.3 Å². The molecule has 1 aromatic rings. The number of hydrogen-bond donors (Lipinski definition) is 0. The zero-order chi connectivity index (χ0) is 17.7. The van der Waals surface area contributed by atoms with Crippen molar-refractivity contribution in [3.63, 3.8) is 0 Å². The Hall–Kier alpha value is -2.11. The fourth-order valence-electron chi connectivity index (χ4n) is 3.33. The molecule has 29 heavy (non-hydrogen) atoms. The largest absolute Gasteiger partial charge is 2.00 e. The second kappa shape index (κ2) is 9.14. The molecule has 2 aliphatic heterocycles.